The molecule has 4 nitrogen and oxygen atoms in total. The molecule has 2 saturated carbocycles. The standard InChI is InChI=1S/C28H45N3O.ClH/c1-21-18-31(19-22(2)32-21)25-7-8-27(26(17-25)24-9-11-28(3,4)12-10-24)30-15-13-29(14-16-30)20-23-5-6-23;/h7-8,17,21-24H,5-6,9-16,18-20H2,1-4H3;1H. The number of hydrogen-bond acceptors (Lipinski definition) is 4. The molecule has 33 heavy (non-hydrogen) atoms. The van der Waals surface area contributed by atoms with Crippen LogP contribution >= 0.6 is 12.4 Å². The first-order valence-electron chi connectivity index (χ1n) is 13.4. The molecule has 2 atom stereocenters. The highest BCUT2D eigenvalue weighted by molar-refractivity contribution is 5.85. The average Bonchev–Trinajstić information content (AvgIpc) is 3.57. The lowest BCUT2D eigenvalue weighted by Crippen LogP contribution is -2.47. The number of halogens is 1. The van der Waals surface area contributed by atoms with Crippen LogP contribution in [0.5, 0.6) is 0 Å². The molecule has 4 aliphatic rings. The summed E-state index contributed by atoms with van der Waals surface area (Å²) in [5.74, 6) is 1.71. The topological polar surface area (TPSA) is 19.0 Å². The average molecular weight is 476 g/mol. The van der Waals surface area contributed by atoms with Crippen molar-refractivity contribution in [2.75, 3.05) is 55.6 Å². The van der Waals surface area contributed by atoms with Gasteiger partial charge in [0.15, 0.2) is 0 Å². The van der Waals surface area contributed by atoms with E-state index in [1.54, 1.807) is 5.56 Å². The molecule has 0 bridgehead atoms. The molecule has 0 N–H and O–H groups in total. The minimum Gasteiger partial charge on any atom is -0.372 e. The lowest BCUT2D eigenvalue weighted by molar-refractivity contribution is -0.00522. The number of rotatable bonds is 5. The van der Waals surface area contributed by atoms with Gasteiger partial charge in [0.1, 0.15) is 0 Å². The number of benzene rings is 1. The zero-order valence-electron chi connectivity index (χ0n) is 21.4. The maximum atomic E-state index is 6.01. The zero-order valence-corrected chi connectivity index (χ0v) is 22.2. The summed E-state index contributed by atoms with van der Waals surface area (Å²) in [5.41, 5.74) is 5.07. The van der Waals surface area contributed by atoms with Crippen LogP contribution in [0, 0.1) is 11.3 Å². The van der Waals surface area contributed by atoms with E-state index in [1.807, 2.05) is 0 Å². The first kappa shape index (κ1) is 25.1. The fourth-order valence-electron chi connectivity index (χ4n) is 6.29. The summed E-state index contributed by atoms with van der Waals surface area (Å²) in [6, 6.07) is 7.43. The van der Waals surface area contributed by atoms with Gasteiger partial charge in [-0.05, 0) is 93.4 Å². The van der Waals surface area contributed by atoms with E-state index < -0.39 is 0 Å². The first-order valence-corrected chi connectivity index (χ1v) is 13.4. The summed E-state index contributed by atoms with van der Waals surface area (Å²) in [6.45, 7) is 17.5. The number of anilines is 2. The van der Waals surface area contributed by atoms with Crippen LogP contribution in [0.15, 0.2) is 18.2 Å². The summed E-state index contributed by atoms with van der Waals surface area (Å²) < 4.78 is 6.01. The van der Waals surface area contributed by atoms with Gasteiger partial charge in [-0.15, -0.1) is 12.4 Å². The van der Waals surface area contributed by atoms with Crippen molar-refractivity contribution in [2.24, 2.45) is 11.3 Å². The highest BCUT2D eigenvalue weighted by Crippen LogP contribution is 2.46. The maximum absolute atomic E-state index is 6.01. The van der Waals surface area contributed by atoms with Gasteiger partial charge in [0.2, 0.25) is 0 Å². The second kappa shape index (κ2) is 10.3. The summed E-state index contributed by atoms with van der Waals surface area (Å²) in [5, 5.41) is 0. The molecule has 2 heterocycles. The molecule has 0 spiro atoms. The van der Waals surface area contributed by atoms with Crippen LogP contribution < -0.4 is 9.80 Å². The lowest BCUT2D eigenvalue weighted by atomic mass is 9.71. The van der Waals surface area contributed by atoms with E-state index >= 15 is 0 Å². The largest absolute Gasteiger partial charge is 0.372 e. The van der Waals surface area contributed by atoms with Gasteiger partial charge in [-0.3, -0.25) is 4.90 Å². The molecule has 5 rings (SSSR count). The van der Waals surface area contributed by atoms with E-state index in [1.165, 1.54) is 82.6 Å². The molecule has 4 fully saturated rings. The fraction of sp³-hybridized carbons (Fsp3) is 0.786. The monoisotopic (exact) mass is 475 g/mol. The quantitative estimate of drug-likeness (QED) is 0.524. The SMILES string of the molecule is CC1CN(c2ccc(N3CCN(CC4CC4)CC3)c(C3CCC(C)(C)CC3)c2)CC(C)O1.Cl. The number of morpholine rings is 1. The van der Waals surface area contributed by atoms with E-state index in [9.17, 15) is 0 Å². The molecular formula is C28H46ClN3O. The zero-order chi connectivity index (χ0) is 22.3. The Hall–Kier alpha value is -0.970. The van der Waals surface area contributed by atoms with Crippen molar-refractivity contribution in [3.63, 3.8) is 0 Å². The fourth-order valence-corrected chi connectivity index (χ4v) is 6.29. The van der Waals surface area contributed by atoms with Crippen LogP contribution in [-0.4, -0.2) is 62.9 Å². The van der Waals surface area contributed by atoms with Gasteiger partial charge >= 0.3 is 0 Å². The first-order chi connectivity index (χ1) is 15.4. The molecule has 2 unspecified atom stereocenters. The number of nitrogens with zero attached hydrogens (tertiary/aromatic N) is 3. The van der Waals surface area contributed by atoms with Crippen molar-refractivity contribution < 1.29 is 4.74 Å². The van der Waals surface area contributed by atoms with Gasteiger partial charge < -0.3 is 14.5 Å². The third-order valence-corrected chi connectivity index (χ3v) is 8.50. The normalized spacial score (nSPS) is 29.1. The smallest absolute Gasteiger partial charge is 0.0726 e. The van der Waals surface area contributed by atoms with E-state index in [0.29, 0.717) is 23.5 Å². The van der Waals surface area contributed by atoms with Gasteiger partial charge in [0.25, 0.3) is 0 Å². The summed E-state index contributed by atoms with van der Waals surface area (Å²) in [6.07, 6.45) is 8.89. The molecular weight excluding hydrogens is 430 g/mol. The molecule has 5 heteroatoms. The number of piperazine rings is 1. The number of ether oxygens (including phenoxy) is 1. The Bertz CT molecular complexity index is 767. The van der Waals surface area contributed by atoms with Crippen LogP contribution in [0.4, 0.5) is 11.4 Å². The van der Waals surface area contributed by atoms with Crippen LogP contribution in [0.1, 0.15) is 77.7 Å². The predicted octanol–water partition coefficient (Wildman–Crippen LogP) is 5.94. The van der Waals surface area contributed by atoms with Crippen LogP contribution in [0.3, 0.4) is 0 Å². The van der Waals surface area contributed by atoms with Crippen molar-refractivity contribution in [1.82, 2.24) is 4.90 Å². The minimum atomic E-state index is 0. The van der Waals surface area contributed by atoms with Gasteiger partial charge in [-0.2, -0.15) is 0 Å². The van der Waals surface area contributed by atoms with Crippen molar-refractivity contribution in [3.8, 4) is 0 Å². The van der Waals surface area contributed by atoms with Gasteiger partial charge in [0, 0.05) is 57.2 Å². The molecule has 0 amide bonds. The molecule has 2 saturated heterocycles. The summed E-state index contributed by atoms with van der Waals surface area (Å²) in [7, 11) is 0. The second-order valence-electron chi connectivity index (χ2n) is 12.1. The van der Waals surface area contributed by atoms with Crippen molar-refractivity contribution in [2.45, 2.75) is 84.3 Å². The molecule has 2 aliphatic heterocycles. The molecule has 1 aromatic rings. The predicted molar refractivity (Wildman–Crippen MR) is 142 cm³/mol. The highest BCUT2D eigenvalue weighted by atomic mass is 35.5. The van der Waals surface area contributed by atoms with E-state index in [4.69, 9.17) is 4.74 Å². The van der Waals surface area contributed by atoms with Gasteiger partial charge in [0.05, 0.1) is 12.2 Å². The molecule has 186 valence electrons. The van der Waals surface area contributed by atoms with Crippen molar-refractivity contribution in [3.05, 3.63) is 23.8 Å². The van der Waals surface area contributed by atoms with E-state index in [-0.39, 0.29) is 12.4 Å². The van der Waals surface area contributed by atoms with Gasteiger partial charge in [-0.25, -0.2) is 0 Å². The summed E-state index contributed by atoms with van der Waals surface area (Å²) in [4.78, 5) is 7.97. The van der Waals surface area contributed by atoms with Crippen LogP contribution in [-0.2, 0) is 4.74 Å². The van der Waals surface area contributed by atoms with E-state index in [2.05, 4.69) is 60.6 Å². The molecule has 0 radical (unpaired) electrons. The molecule has 2 aliphatic carbocycles. The van der Waals surface area contributed by atoms with Crippen molar-refractivity contribution >= 4 is 23.8 Å². The Labute approximate surface area is 208 Å². The molecule has 0 aromatic heterocycles. The number of hydrogen-bond donors (Lipinski definition) is 0. The third kappa shape index (κ3) is 6.18. The third-order valence-electron chi connectivity index (χ3n) is 8.50. The Morgan fingerprint density at radius 3 is 2.12 bits per heavy atom. The summed E-state index contributed by atoms with van der Waals surface area (Å²) >= 11 is 0. The van der Waals surface area contributed by atoms with Gasteiger partial charge in [-0.1, -0.05) is 13.8 Å². The molecule has 1 aromatic carbocycles. The maximum Gasteiger partial charge on any atom is 0.0726 e. The van der Waals surface area contributed by atoms with E-state index in [0.717, 1.165) is 19.0 Å². The lowest BCUT2D eigenvalue weighted by Gasteiger charge is -2.41. The van der Waals surface area contributed by atoms with Crippen molar-refractivity contribution in [1.29, 1.82) is 0 Å². The van der Waals surface area contributed by atoms with Crippen LogP contribution in [0.2, 0.25) is 0 Å². The Balaban J connectivity index is 0.00000259. The Morgan fingerprint density at radius 1 is 0.879 bits per heavy atom. The Kier molecular flexibility index (Phi) is 7.87. The highest BCUT2D eigenvalue weighted by Gasteiger charge is 2.32. The minimum absolute atomic E-state index is 0. The van der Waals surface area contributed by atoms with Crippen LogP contribution in [0.25, 0.3) is 0 Å². The second-order valence-corrected chi connectivity index (χ2v) is 12.1. The Morgan fingerprint density at radius 2 is 1.52 bits per heavy atom.